The molecule has 3 aliphatic rings. The Kier molecular flexibility index (Phi) is 7.66. The Hall–Kier alpha value is -3.04. The van der Waals surface area contributed by atoms with Crippen LogP contribution in [0.25, 0.3) is 0 Å². The predicted octanol–water partition coefficient (Wildman–Crippen LogP) is 4.02. The smallest absolute Gasteiger partial charge is 0.248 e. The minimum absolute atomic E-state index is 0.0282. The van der Waals surface area contributed by atoms with E-state index in [1.165, 1.54) is 0 Å². The highest BCUT2D eigenvalue weighted by molar-refractivity contribution is 8.02. The highest BCUT2D eigenvalue weighted by Crippen LogP contribution is 2.69. The van der Waals surface area contributed by atoms with E-state index in [-0.39, 0.29) is 41.4 Å². The van der Waals surface area contributed by atoms with Crippen molar-refractivity contribution in [3.05, 3.63) is 54.6 Å². The van der Waals surface area contributed by atoms with Gasteiger partial charge in [0, 0.05) is 16.6 Å². The zero-order chi connectivity index (χ0) is 27.9. The van der Waals surface area contributed by atoms with Crippen LogP contribution >= 0.6 is 11.8 Å². The van der Waals surface area contributed by atoms with Crippen molar-refractivity contribution in [2.24, 2.45) is 23.7 Å². The number of hydrogen-bond donors (Lipinski definition) is 3. The number of aliphatic hydroxyl groups is 1. The summed E-state index contributed by atoms with van der Waals surface area (Å²) in [6, 6.07) is 15.0. The molecule has 1 spiro atoms. The Morgan fingerprint density at radius 2 is 1.74 bits per heavy atom. The standard InChI is InChI=1S/C30H37N3O5S/c1-5-17(2)22(16-34)33-26(28(36)32-20-11-13-21(38-4)14-12-20)30-18(3)15-23(39-30)24(25(30)29(33)37)27(35)31-19-9-7-6-8-10-19/h6-14,17-18,22-26,34H,5,15-16H2,1-4H3,(H,31,35)(H,32,36)/t17-,18?,22-,23-,24+,25-,26?,30?/m0/s1. The van der Waals surface area contributed by atoms with Gasteiger partial charge in [0.15, 0.2) is 0 Å². The number of hydrogen-bond acceptors (Lipinski definition) is 6. The maximum atomic E-state index is 14.4. The molecule has 8 nitrogen and oxygen atoms in total. The van der Waals surface area contributed by atoms with Gasteiger partial charge in [0.2, 0.25) is 17.7 Å². The van der Waals surface area contributed by atoms with Gasteiger partial charge in [-0.25, -0.2) is 0 Å². The number of nitrogens with one attached hydrogen (secondary N) is 2. The summed E-state index contributed by atoms with van der Waals surface area (Å²) in [5.74, 6) is -1.21. The maximum Gasteiger partial charge on any atom is 0.248 e. The molecule has 3 amide bonds. The second-order valence-corrected chi connectivity index (χ2v) is 12.6. The molecule has 5 rings (SSSR count). The van der Waals surface area contributed by atoms with Gasteiger partial charge in [-0.2, -0.15) is 0 Å². The number of thioether (sulfide) groups is 1. The summed E-state index contributed by atoms with van der Waals surface area (Å²) >= 11 is 1.63. The Bertz CT molecular complexity index is 1220. The molecule has 3 aliphatic heterocycles. The Morgan fingerprint density at radius 1 is 1.10 bits per heavy atom. The molecule has 3 saturated heterocycles. The SMILES string of the molecule is CC[C@H](C)[C@H](CO)N1C(=O)[C@@H]2[C@H](C(=O)Nc3ccccc3)[C@@H]3CC(C)C2(S3)C1C(=O)Nc1ccc(OC)cc1. The second kappa shape index (κ2) is 10.8. The summed E-state index contributed by atoms with van der Waals surface area (Å²) in [7, 11) is 1.58. The molecule has 2 aromatic carbocycles. The van der Waals surface area contributed by atoms with Gasteiger partial charge in [-0.1, -0.05) is 45.4 Å². The van der Waals surface area contributed by atoms with Crippen LogP contribution in [0.1, 0.15) is 33.6 Å². The van der Waals surface area contributed by atoms with Crippen LogP contribution in [0.2, 0.25) is 0 Å². The van der Waals surface area contributed by atoms with E-state index in [1.54, 1.807) is 48.0 Å². The topological polar surface area (TPSA) is 108 Å². The first-order chi connectivity index (χ1) is 18.8. The van der Waals surface area contributed by atoms with E-state index in [0.29, 0.717) is 17.1 Å². The molecule has 3 fully saturated rings. The molecule has 8 atom stereocenters. The number of methoxy groups -OCH3 is 1. The normalized spacial score (nSPS) is 30.5. The van der Waals surface area contributed by atoms with E-state index < -0.39 is 28.7 Å². The fraction of sp³-hybridized carbons (Fsp3) is 0.500. The molecule has 2 bridgehead atoms. The Labute approximate surface area is 233 Å². The average Bonchev–Trinajstić information content (AvgIpc) is 3.53. The van der Waals surface area contributed by atoms with Gasteiger partial charge >= 0.3 is 0 Å². The van der Waals surface area contributed by atoms with Crippen LogP contribution in [0.4, 0.5) is 11.4 Å². The van der Waals surface area contributed by atoms with Gasteiger partial charge in [0.05, 0.1) is 36.3 Å². The van der Waals surface area contributed by atoms with Crippen molar-refractivity contribution in [1.82, 2.24) is 4.90 Å². The number of amides is 3. The number of ether oxygens (including phenoxy) is 1. The van der Waals surface area contributed by atoms with Gasteiger partial charge < -0.3 is 25.4 Å². The van der Waals surface area contributed by atoms with Crippen molar-refractivity contribution in [1.29, 1.82) is 0 Å². The molecule has 208 valence electrons. The van der Waals surface area contributed by atoms with E-state index >= 15 is 0 Å². The summed E-state index contributed by atoms with van der Waals surface area (Å²) in [6.45, 7) is 5.84. The van der Waals surface area contributed by atoms with Gasteiger partial charge in [0.1, 0.15) is 11.8 Å². The number of benzene rings is 2. The van der Waals surface area contributed by atoms with E-state index in [0.717, 1.165) is 12.8 Å². The van der Waals surface area contributed by atoms with E-state index in [1.807, 2.05) is 44.2 Å². The average molecular weight is 552 g/mol. The summed E-state index contributed by atoms with van der Waals surface area (Å²) < 4.78 is 4.48. The fourth-order valence-corrected chi connectivity index (χ4v) is 9.27. The highest BCUT2D eigenvalue weighted by Gasteiger charge is 2.76. The molecule has 3 N–H and O–H groups in total. The number of carbonyl (C=O) groups excluding carboxylic acids is 3. The molecular weight excluding hydrogens is 514 g/mol. The van der Waals surface area contributed by atoms with Crippen molar-refractivity contribution < 1.29 is 24.2 Å². The van der Waals surface area contributed by atoms with Crippen LogP contribution in [0.5, 0.6) is 5.75 Å². The molecule has 9 heteroatoms. The fourth-order valence-electron chi connectivity index (χ4n) is 6.86. The first-order valence-electron chi connectivity index (χ1n) is 13.7. The number of para-hydroxylation sites is 1. The summed E-state index contributed by atoms with van der Waals surface area (Å²) in [4.78, 5) is 43.9. The van der Waals surface area contributed by atoms with Gasteiger partial charge in [-0.15, -0.1) is 11.8 Å². The molecule has 0 aliphatic carbocycles. The molecule has 39 heavy (non-hydrogen) atoms. The molecule has 0 radical (unpaired) electrons. The third kappa shape index (κ3) is 4.49. The maximum absolute atomic E-state index is 14.4. The van der Waals surface area contributed by atoms with Gasteiger partial charge in [-0.05, 0) is 54.7 Å². The van der Waals surface area contributed by atoms with Crippen LogP contribution in [-0.4, -0.2) is 63.5 Å². The lowest BCUT2D eigenvalue weighted by Gasteiger charge is -2.41. The summed E-state index contributed by atoms with van der Waals surface area (Å²) in [5, 5.41) is 16.5. The van der Waals surface area contributed by atoms with Crippen LogP contribution in [0.15, 0.2) is 54.6 Å². The first-order valence-corrected chi connectivity index (χ1v) is 14.6. The number of rotatable bonds is 9. The molecule has 3 heterocycles. The van der Waals surface area contributed by atoms with Crippen LogP contribution in [-0.2, 0) is 14.4 Å². The minimum atomic E-state index is -0.817. The molecular formula is C30H37N3O5S. The molecule has 3 unspecified atom stereocenters. The lowest BCUT2D eigenvalue weighted by Crippen LogP contribution is -2.58. The van der Waals surface area contributed by atoms with Gasteiger partial charge in [0.25, 0.3) is 0 Å². The van der Waals surface area contributed by atoms with Gasteiger partial charge in [-0.3, -0.25) is 14.4 Å². The lowest BCUT2D eigenvalue weighted by atomic mass is 9.66. The van der Waals surface area contributed by atoms with Crippen LogP contribution < -0.4 is 15.4 Å². The monoisotopic (exact) mass is 551 g/mol. The molecule has 0 aromatic heterocycles. The lowest BCUT2D eigenvalue weighted by molar-refractivity contribution is -0.142. The number of carbonyl (C=O) groups is 3. The molecule has 0 saturated carbocycles. The van der Waals surface area contributed by atoms with Crippen molar-refractivity contribution in [2.45, 2.75) is 55.7 Å². The highest BCUT2D eigenvalue weighted by atomic mass is 32.2. The van der Waals surface area contributed by atoms with Crippen LogP contribution in [0.3, 0.4) is 0 Å². The zero-order valence-electron chi connectivity index (χ0n) is 22.8. The number of likely N-dealkylation sites (tertiary alicyclic amines) is 1. The number of anilines is 2. The van der Waals surface area contributed by atoms with E-state index in [2.05, 4.69) is 17.6 Å². The molecule has 2 aromatic rings. The van der Waals surface area contributed by atoms with Crippen molar-refractivity contribution in [3.63, 3.8) is 0 Å². The van der Waals surface area contributed by atoms with E-state index in [9.17, 15) is 19.5 Å². The quantitative estimate of drug-likeness (QED) is 0.435. The van der Waals surface area contributed by atoms with Crippen molar-refractivity contribution >= 4 is 40.9 Å². The second-order valence-electron chi connectivity index (χ2n) is 11.0. The van der Waals surface area contributed by atoms with Crippen molar-refractivity contribution in [2.75, 3.05) is 24.4 Å². The number of aliphatic hydroxyl groups excluding tert-OH is 1. The zero-order valence-corrected chi connectivity index (χ0v) is 23.6. The van der Waals surface area contributed by atoms with Crippen LogP contribution in [0, 0.1) is 23.7 Å². The first kappa shape index (κ1) is 27.5. The van der Waals surface area contributed by atoms with Crippen molar-refractivity contribution in [3.8, 4) is 5.75 Å². The minimum Gasteiger partial charge on any atom is -0.497 e. The Balaban J connectivity index is 1.54. The number of fused-ring (bicyclic) bond motifs is 1. The predicted molar refractivity (Wildman–Crippen MR) is 153 cm³/mol. The number of nitrogens with zero attached hydrogens (tertiary/aromatic N) is 1. The summed E-state index contributed by atoms with van der Waals surface area (Å²) in [5.41, 5.74) is 1.28. The third-order valence-corrected chi connectivity index (χ3v) is 11.1. The van der Waals surface area contributed by atoms with E-state index in [4.69, 9.17) is 4.74 Å². The third-order valence-electron chi connectivity index (χ3n) is 8.98. The largest absolute Gasteiger partial charge is 0.497 e. The summed E-state index contributed by atoms with van der Waals surface area (Å²) in [6.07, 6.45) is 1.48. The Morgan fingerprint density at radius 3 is 2.36 bits per heavy atom.